The van der Waals surface area contributed by atoms with Crippen molar-refractivity contribution in [1.29, 1.82) is 0 Å². The summed E-state index contributed by atoms with van der Waals surface area (Å²) < 4.78 is 11.9. The van der Waals surface area contributed by atoms with E-state index in [1.165, 1.54) is 17.3 Å². The third kappa shape index (κ3) is 4.44. The van der Waals surface area contributed by atoms with E-state index >= 15 is 0 Å². The maximum Gasteiger partial charge on any atom is 0.266 e. The minimum atomic E-state index is -0.120. The molecule has 0 spiro atoms. The van der Waals surface area contributed by atoms with E-state index in [1.807, 2.05) is 48.5 Å². The van der Waals surface area contributed by atoms with E-state index in [-0.39, 0.29) is 5.91 Å². The van der Waals surface area contributed by atoms with Gasteiger partial charge in [0, 0.05) is 5.56 Å². The van der Waals surface area contributed by atoms with E-state index < -0.39 is 0 Å². The third-order valence-corrected chi connectivity index (χ3v) is 6.00. The van der Waals surface area contributed by atoms with Gasteiger partial charge in [-0.2, -0.15) is 0 Å². The molecule has 0 atom stereocenters. The Morgan fingerprint density at radius 2 is 1.90 bits per heavy atom. The molecule has 0 radical (unpaired) electrons. The molecule has 0 aliphatic carbocycles. The predicted octanol–water partition coefficient (Wildman–Crippen LogP) is 5.57. The van der Waals surface area contributed by atoms with Gasteiger partial charge in [0.25, 0.3) is 5.91 Å². The maximum absolute atomic E-state index is 12.8. The van der Waals surface area contributed by atoms with Crippen LogP contribution in [-0.4, -0.2) is 15.1 Å². The zero-order valence-electron chi connectivity index (χ0n) is 15.8. The molecule has 2 heterocycles. The summed E-state index contributed by atoms with van der Waals surface area (Å²) in [6, 6.07) is 19.5. The van der Waals surface area contributed by atoms with Crippen LogP contribution >= 0.6 is 24.0 Å². The van der Waals surface area contributed by atoms with Gasteiger partial charge in [0.05, 0.1) is 17.7 Å². The zero-order chi connectivity index (χ0) is 20.2. The van der Waals surface area contributed by atoms with Crippen LogP contribution in [0, 0.1) is 6.92 Å². The molecule has 1 aliphatic rings. The molecule has 1 saturated heterocycles. The number of carbonyl (C=O) groups is 1. The van der Waals surface area contributed by atoms with Crippen LogP contribution in [0.2, 0.25) is 0 Å². The second-order valence-electron chi connectivity index (χ2n) is 6.60. The number of thiocarbonyl (C=S) groups is 1. The molecule has 1 amide bonds. The number of amides is 1. The van der Waals surface area contributed by atoms with Gasteiger partial charge in [0.15, 0.2) is 0 Å². The Hall–Kier alpha value is -2.83. The molecule has 1 aliphatic heterocycles. The number of benzene rings is 2. The first kappa shape index (κ1) is 19.5. The van der Waals surface area contributed by atoms with E-state index in [1.54, 1.807) is 17.2 Å². The summed E-state index contributed by atoms with van der Waals surface area (Å²) in [4.78, 5) is 15.0. The van der Waals surface area contributed by atoms with Gasteiger partial charge in [0.2, 0.25) is 0 Å². The summed E-state index contributed by atoms with van der Waals surface area (Å²) in [6.07, 6.45) is 3.43. The SMILES string of the molecule is Cc1ccccc1COc1ccccc1C=C1SC(=S)N(Cc2ccco2)C1=O. The fraction of sp³-hybridized carbons (Fsp3) is 0.130. The van der Waals surface area contributed by atoms with E-state index in [2.05, 4.69) is 19.1 Å². The Labute approximate surface area is 179 Å². The van der Waals surface area contributed by atoms with Crippen molar-refractivity contribution in [3.05, 3.63) is 94.3 Å². The largest absolute Gasteiger partial charge is 0.488 e. The third-order valence-electron chi connectivity index (χ3n) is 4.62. The Morgan fingerprint density at radius 3 is 2.69 bits per heavy atom. The molecule has 0 saturated carbocycles. The van der Waals surface area contributed by atoms with E-state index in [0.29, 0.717) is 28.1 Å². The van der Waals surface area contributed by atoms with Crippen molar-refractivity contribution < 1.29 is 13.9 Å². The van der Waals surface area contributed by atoms with Gasteiger partial charge < -0.3 is 9.15 Å². The number of aryl methyl sites for hydroxylation is 1. The lowest BCUT2D eigenvalue weighted by molar-refractivity contribution is -0.122. The average Bonchev–Trinajstić information content (AvgIpc) is 3.33. The molecular weight excluding hydrogens is 402 g/mol. The lowest BCUT2D eigenvalue weighted by Crippen LogP contribution is -2.27. The molecule has 6 heteroatoms. The molecule has 0 bridgehead atoms. The van der Waals surface area contributed by atoms with E-state index in [0.717, 1.165) is 16.9 Å². The molecule has 0 unspecified atom stereocenters. The predicted molar refractivity (Wildman–Crippen MR) is 119 cm³/mol. The van der Waals surface area contributed by atoms with Crippen molar-refractivity contribution in [2.45, 2.75) is 20.1 Å². The Bertz CT molecular complexity index is 1070. The van der Waals surface area contributed by atoms with E-state index in [9.17, 15) is 4.79 Å². The molecule has 0 N–H and O–H groups in total. The highest BCUT2D eigenvalue weighted by atomic mass is 32.2. The van der Waals surface area contributed by atoms with Crippen LogP contribution in [0.5, 0.6) is 5.75 Å². The number of nitrogens with zero attached hydrogens (tertiary/aromatic N) is 1. The minimum Gasteiger partial charge on any atom is -0.488 e. The molecule has 1 aromatic heterocycles. The van der Waals surface area contributed by atoms with Crippen LogP contribution in [0.25, 0.3) is 6.08 Å². The summed E-state index contributed by atoms with van der Waals surface area (Å²) in [6.45, 7) is 2.87. The van der Waals surface area contributed by atoms with Gasteiger partial charge in [-0.3, -0.25) is 9.69 Å². The lowest BCUT2D eigenvalue weighted by Gasteiger charge is -2.12. The fourth-order valence-electron chi connectivity index (χ4n) is 2.99. The first-order chi connectivity index (χ1) is 14.1. The molecule has 146 valence electrons. The lowest BCUT2D eigenvalue weighted by atomic mass is 10.1. The Kier molecular flexibility index (Phi) is 5.83. The molecular formula is C23H19NO3S2. The van der Waals surface area contributed by atoms with Gasteiger partial charge >= 0.3 is 0 Å². The summed E-state index contributed by atoms with van der Waals surface area (Å²) in [7, 11) is 0. The molecule has 2 aromatic carbocycles. The quantitative estimate of drug-likeness (QED) is 0.385. The van der Waals surface area contributed by atoms with E-state index in [4.69, 9.17) is 21.4 Å². The van der Waals surface area contributed by atoms with Crippen molar-refractivity contribution in [2.75, 3.05) is 0 Å². The number of hydrogen-bond donors (Lipinski definition) is 0. The van der Waals surface area contributed by atoms with Gasteiger partial charge in [-0.1, -0.05) is 66.4 Å². The summed E-state index contributed by atoms with van der Waals surface area (Å²) in [5.74, 6) is 1.31. The number of furan rings is 1. The monoisotopic (exact) mass is 421 g/mol. The van der Waals surface area contributed by atoms with Crippen LogP contribution in [0.4, 0.5) is 0 Å². The number of thioether (sulfide) groups is 1. The molecule has 4 nitrogen and oxygen atoms in total. The van der Waals surface area contributed by atoms with Crippen LogP contribution < -0.4 is 4.74 Å². The van der Waals surface area contributed by atoms with Gasteiger partial charge in [0.1, 0.15) is 22.4 Å². The van der Waals surface area contributed by atoms with Gasteiger partial charge in [-0.05, 0) is 42.3 Å². The van der Waals surface area contributed by atoms with Crippen molar-refractivity contribution in [3.63, 3.8) is 0 Å². The summed E-state index contributed by atoms with van der Waals surface area (Å²) in [5, 5.41) is 0. The number of hydrogen-bond acceptors (Lipinski definition) is 5. The average molecular weight is 422 g/mol. The second-order valence-corrected chi connectivity index (χ2v) is 8.28. The first-order valence-electron chi connectivity index (χ1n) is 9.16. The van der Waals surface area contributed by atoms with Crippen LogP contribution in [-0.2, 0) is 17.9 Å². The topological polar surface area (TPSA) is 42.7 Å². The highest BCUT2D eigenvalue weighted by Gasteiger charge is 2.32. The Balaban J connectivity index is 1.53. The maximum atomic E-state index is 12.8. The molecule has 4 rings (SSSR count). The van der Waals surface area contributed by atoms with Crippen LogP contribution in [0.15, 0.2) is 76.2 Å². The number of para-hydroxylation sites is 1. The fourth-order valence-corrected chi connectivity index (χ4v) is 4.24. The first-order valence-corrected chi connectivity index (χ1v) is 10.4. The minimum absolute atomic E-state index is 0.120. The van der Waals surface area contributed by atoms with Gasteiger partial charge in [-0.15, -0.1) is 0 Å². The van der Waals surface area contributed by atoms with Crippen molar-refractivity contribution in [2.24, 2.45) is 0 Å². The molecule has 1 fully saturated rings. The van der Waals surface area contributed by atoms with Crippen LogP contribution in [0.1, 0.15) is 22.5 Å². The van der Waals surface area contributed by atoms with Crippen LogP contribution in [0.3, 0.4) is 0 Å². The Morgan fingerprint density at radius 1 is 1.10 bits per heavy atom. The molecule has 29 heavy (non-hydrogen) atoms. The number of carbonyl (C=O) groups excluding carboxylic acids is 1. The van der Waals surface area contributed by atoms with Crippen molar-refractivity contribution in [3.8, 4) is 5.75 Å². The number of rotatable bonds is 6. The highest BCUT2D eigenvalue weighted by Crippen LogP contribution is 2.35. The zero-order valence-corrected chi connectivity index (χ0v) is 17.5. The summed E-state index contributed by atoms with van der Waals surface area (Å²) in [5.41, 5.74) is 3.16. The van der Waals surface area contributed by atoms with Crippen molar-refractivity contribution in [1.82, 2.24) is 4.90 Å². The van der Waals surface area contributed by atoms with Crippen molar-refractivity contribution >= 4 is 40.3 Å². The number of ether oxygens (including phenoxy) is 1. The van der Waals surface area contributed by atoms with Gasteiger partial charge in [-0.25, -0.2) is 0 Å². The highest BCUT2D eigenvalue weighted by molar-refractivity contribution is 8.26. The smallest absolute Gasteiger partial charge is 0.266 e. The molecule has 3 aromatic rings. The summed E-state index contributed by atoms with van der Waals surface area (Å²) >= 11 is 6.70. The standard InChI is InChI=1S/C23H19NO3S2/c1-16-7-2-3-9-18(16)15-27-20-11-5-4-8-17(20)13-21-22(25)24(23(28)29-21)14-19-10-6-12-26-19/h2-13H,14-15H2,1H3. The normalized spacial score (nSPS) is 15.3. The second kappa shape index (κ2) is 8.68.